The highest BCUT2D eigenvalue weighted by atomic mass is 16.4. The van der Waals surface area contributed by atoms with Crippen molar-refractivity contribution in [1.82, 2.24) is 0 Å². The first-order chi connectivity index (χ1) is 12.4. The van der Waals surface area contributed by atoms with Crippen LogP contribution in [0.25, 0.3) is 0 Å². The first-order valence-corrected chi connectivity index (χ1v) is 10.6. The first-order valence-electron chi connectivity index (χ1n) is 10.6. The second kappa shape index (κ2) is 16.5. The fraction of sp³-hybridized carbons (Fsp3) is 0.952. The number of unbranched alkanes of at least 4 members (excludes halogenated alkanes) is 10. The fourth-order valence-corrected chi connectivity index (χ4v) is 3.48. The number of hydrogen-bond acceptors (Lipinski definition) is 4. The lowest BCUT2D eigenvalue weighted by atomic mass is 9.81. The predicted octanol–water partition coefficient (Wildman–Crippen LogP) is 4.27. The zero-order valence-corrected chi connectivity index (χ0v) is 16.8. The summed E-state index contributed by atoms with van der Waals surface area (Å²) in [6.45, 7) is 1.83. The molecule has 0 saturated heterocycles. The Labute approximate surface area is 159 Å². The molecule has 4 N–H and O–H groups in total. The summed E-state index contributed by atoms with van der Waals surface area (Å²) in [6.07, 6.45) is 14.7. The molecule has 0 aromatic heterocycles. The van der Waals surface area contributed by atoms with Gasteiger partial charge in [0.25, 0.3) is 0 Å². The lowest BCUT2D eigenvalue weighted by molar-refractivity contribution is -0.137. The molecule has 0 bridgehead atoms. The molecule has 2 unspecified atom stereocenters. The standard InChI is InChI=1S/C21H42O5/c1-21(26,18-23)19(15-11-7-4-5-9-13-17-22)14-10-6-2-3-8-12-16-20(24)25/h19,22-23,26H,2-18H2,1H3,(H,24,25). The fourth-order valence-electron chi connectivity index (χ4n) is 3.48. The zero-order valence-electron chi connectivity index (χ0n) is 16.8. The highest BCUT2D eigenvalue weighted by Crippen LogP contribution is 2.28. The number of aliphatic hydroxyl groups excluding tert-OH is 2. The smallest absolute Gasteiger partial charge is 0.303 e. The molecular formula is C21H42O5. The number of rotatable bonds is 19. The van der Waals surface area contributed by atoms with Crippen molar-refractivity contribution in [2.45, 2.75) is 109 Å². The number of carboxylic acid groups (broad SMARTS) is 1. The van der Waals surface area contributed by atoms with E-state index >= 15 is 0 Å². The Morgan fingerprint density at radius 3 is 1.62 bits per heavy atom. The van der Waals surface area contributed by atoms with E-state index in [2.05, 4.69) is 0 Å². The van der Waals surface area contributed by atoms with Crippen LogP contribution < -0.4 is 0 Å². The van der Waals surface area contributed by atoms with E-state index in [9.17, 15) is 15.0 Å². The average molecular weight is 375 g/mol. The second-order valence-electron chi connectivity index (χ2n) is 7.90. The summed E-state index contributed by atoms with van der Waals surface area (Å²) >= 11 is 0. The van der Waals surface area contributed by atoms with Crippen LogP contribution in [0.4, 0.5) is 0 Å². The molecule has 0 heterocycles. The zero-order chi connectivity index (χ0) is 19.7. The number of hydrogen-bond donors (Lipinski definition) is 4. The lowest BCUT2D eigenvalue weighted by Crippen LogP contribution is -2.38. The van der Waals surface area contributed by atoms with Gasteiger partial charge < -0.3 is 20.4 Å². The largest absolute Gasteiger partial charge is 0.481 e. The summed E-state index contributed by atoms with van der Waals surface area (Å²) in [5.74, 6) is -0.579. The molecule has 0 aromatic rings. The molecule has 0 aliphatic heterocycles. The number of carboxylic acids is 1. The molecule has 156 valence electrons. The van der Waals surface area contributed by atoms with Crippen molar-refractivity contribution in [3.63, 3.8) is 0 Å². The predicted molar refractivity (Wildman–Crippen MR) is 105 cm³/mol. The van der Waals surface area contributed by atoms with Gasteiger partial charge in [-0.25, -0.2) is 0 Å². The Hall–Kier alpha value is -0.650. The van der Waals surface area contributed by atoms with Gasteiger partial charge in [-0.05, 0) is 38.5 Å². The Morgan fingerprint density at radius 2 is 1.19 bits per heavy atom. The third kappa shape index (κ3) is 14.5. The third-order valence-electron chi connectivity index (χ3n) is 5.35. The summed E-state index contributed by atoms with van der Waals surface area (Å²) in [4.78, 5) is 10.5. The lowest BCUT2D eigenvalue weighted by Gasteiger charge is -2.31. The van der Waals surface area contributed by atoms with Gasteiger partial charge in [-0.2, -0.15) is 0 Å². The van der Waals surface area contributed by atoms with Crippen molar-refractivity contribution < 1.29 is 25.2 Å². The van der Waals surface area contributed by atoms with E-state index in [4.69, 9.17) is 10.2 Å². The monoisotopic (exact) mass is 374 g/mol. The van der Waals surface area contributed by atoms with Gasteiger partial charge in [0, 0.05) is 13.0 Å². The van der Waals surface area contributed by atoms with Crippen LogP contribution in [0.2, 0.25) is 0 Å². The SMILES string of the molecule is CC(O)(CO)C(CCCCCCCCO)CCCCCCCCC(=O)O. The molecule has 0 radical (unpaired) electrons. The molecule has 26 heavy (non-hydrogen) atoms. The minimum Gasteiger partial charge on any atom is -0.481 e. The average Bonchev–Trinajstić information content (AvgIpc) is 2.60. The van der Waals surface area contributed by atoms with E-state index in [1.807, 2.05) is 0 Å². The summed E-state index contributed by atoms with van der Waals surface area (Å²) in [6, 6.07) is 0. The van der Waals surface area contributed by atoms with E-state index in [1.165, 1.54) is 6.42 Å². The molecule has 5 nitrogen and oxygen atoms in total. The highest BCUT2D eigenvalue weighted by molar-refractivity contribution is 5.66. The Bertz CT molecular complexity index is 330. The van der Waals surface area contributed by atoms with Gasteiger partial charge in [0.15, 0.2) is 0 Å². The van der Waals surface area contributed by atoms with E-state index in [1.54, 1.807) is 6.92 Å². The third-order valence-corrected chi connectivity index (χ3v) is 5.35. The van der Waals surface area contributed by atoms with Crippen LogP contribution in [-0.2, 0) is 4.79 Å². The van der Waals surface area contributed by atoms with Gasteiger partial charge in [-0.1, -0.05) is 64.2 Å². The van der Waals surface area contributed by atoms with Crippen LogP contribution in [0.3, 0.4) is 0 Å². The molecule has 0 saturated carbocycles. The van der Waals surface area contributed by atoms with Gasteiger partial charge in [0.05, 0.1) is 12.2 Å². The van der Waals surface area contributed by atoms with Crippen molar-refractivity contribution in [2.75, 3.05) is 13.2 Å². The van der Waals surface area contributed by atoms with Crippen LogP contribution in [-0.4, -0.2) is 45.2 Å². The van der Waals surface area contributed by atoms with Crippen molar-refractivity contribution in [3.8, 4) is 0 Å². The van der Waals surface area contributed by atoms with Crippen molar-refractivity contribution >= 4 is 5.97 Å². The first kappa shape index (κ1) is 25.4. The van der Waals surface area contributed by atoms with Crippen molar-refractivity contribution in [3.05, 3.63) is 0 Å². The van der Waals surface area contributed by atoms with Gasteiger partial charge in [0.1, 0.15) is 0 Å². The van der Waals surface area contributed by atoms with Crippen LogP contribution in [0.5, 0.6) is 0 Å². The highest BCUT2D eigenvalue weighted by Gasteiger charge is 2.30. The number of aliphatic hydroxyl groups is 3. The molecule has 0 aliphatic rings. The van der Waals surface area contributed by atoms with Gasteiger partial charge >= 0.3 is 5.97 Å². The number of carbonyl (C=O) groups is 1. The molecule has 0 aliphatic carbocycles. The summed E-state index contributed by atoms with van der Waals surface area (Å²) in [7, 11) is 0. The Balaban J connectivity index is 3.86. The van der Waals surface area contributed by atoms with Crippen LogP contribution in [0.1, 0.15) is 103 Å². The molecular weight excluding hydrogens is 332 g/mol. The maximum absolute atomic E-state index is 10.5. The second-order valence-corrected chi connectivity index (χ2v) is 7.90. The summed E-state index contributed by atoms with van der Waals surface area (Å²) in [5, 5.41) is 37.3. The molecule has 2 atom stereocenters. The van der Waals surface area contributed by atoms with Crippen LogP contribution in [0.15, 0.2) is 0 Å². The number of aliphatic carboxylic acids is 1. The van der Waals surface area contributed by atoms with Crippen LogP contribution >= 0.6 is 0 Å². The molecule has 0 rings (SSSR count). The van der Waals surface area contributed by atoms with Gasteiger partial charge in [-0.15, -0.1) is 0 Å². The Morgan fingerprint density at radius 1 is 0.769 bits per heavy atom. The topological polar surface area (TPSA) is 98.0 Å². The van der Waals surface area contributed by atoms with E-state index in [-0.39, 0.29) is 25.6 Å². The van der Waals surface area contributed by atoms with Crippen molar-refractivity contribution in [1.29, 1.82) is 0 Å². The van der Waals surface area contributed by atoms with Gasteiger partial charge in [-0.3, -0.25) is 4.79 Å². The van der Waals surface area contributed by atoms with E-state index < -0.39 is 11.6 Å². The summed E-state index contributed by atoms with van der Waals surface area (Å²) in [5.41, 5.74) is -1.00. The molecule has 0 fully saturated rings. The maximum Gasteiger partial charge on any atom is 0.303 e. The van der Waals surface area contributed by atoms with E-state index in [0.717, 1.165) is 83.5 Å². The molecule has 0 amide bonds. The molecule has 0 spiro atoms. The summed E-state index contributed by atoms with van der Waals surface area (Å²) < 4.78 is 0. The minimum absolute atomic E-state index is 0.136. The van der Waals surface area contributed by atoms with Crippen LogP contribution in [0, 0.1) is 5.92 Å². The molecule has 5 heteroatoms. The normalized spacial score (nSPS) is 14.9. The molecule has 0 aromatic carbocycles. The van der Waals surface area contributed by atoms with Gasteiger partial charge in [0.2, 0.25) is 0 Å². The Kier molecular flexibility index (Phi) is 16.1. The maximum atomic E-state index is 10.5. The van der Waals surface area contributed by atoms with Crippen molar-refractivity contribution in [2.24, 2.45) is 5.92 Å². The quantitative estimate of drug-likeness (QED) is 0.253. The van der Waals surface area contributed by atoms with E-state index in [0.29, 0.717) is 0 Å². The minimum atomic E-state index is -1.00.